The Labute approximate surface area is 225 Å². The summed E-state index contributed by atoms with van der Waals surface area (Å²) in [6, 6.07) is 19.2. The van der Waals surface area contributed by atoms with E-state index in [1.54, 1.807) is 67.8 Å². The van der Waals surface area contributed by atoms with Gasteiger partial charge in [-0.25, -0.2) is 4.39 Å². The molecule has 0 aromatic heterocycles. The van der Waals surface area contributed by atoms with E-state index in [-0.39, 0.29) is 18.0 Å². The van der Waals surface area contributed by atoms with Gasteiger partial charge in [-0.2, -0.15) is 0 Å². The highest BCUT2D eigenvalue weighted by Gasteiger charge is 2.49. The highest BCUT2D eigenvalue weighted by molar-refractivity contribution is 6.52. The summed E-state index contributed by atoms with van der Waals surface area (Å²) in [6.07, 6.45) is 2.30. The number of benzene rings is 3. The molecule has 1 aliphatic carbocycles. The van der Waals surface area contributed by atoms with Crippen LogP contribution in [-0.2, 0) is 20.9 Å². The zero-order chi connectivity index (χ0) is 27.6. The number of nitrogens with zero attached hydrogens (tertiary/aromatic N) is 2. The molecule has 39 heavy (non-hydrogen) atoms. The predicted octanol–water partition coefficient (Wildman–Crippen LogP) is 4.34. The van der Waals surface area contributed by atoms with Crippen molar-refractivity contribution in [3.63, 3.8) is 0 Å². The van der Waals surface area contributed by atoms with Gasteiger partial charge in [0.15, 0.2) is 0 Å². The normalized spacial score (nSPS) is 15.7. The molecule has 0 atom stereocenters. The third kappa shape index (κ3) is 4.99. The number of fused-ring (bicyclic) bond motifs is 1. The van der Waals surface area contributed by atoms with Crippen molar-refractivity contribution in [3.05, 3.63) is 89.7 Å². The second kappa shape index (κ2) is 10.7. The maximum Gasteiger partial charge on any atom is 0.299 e. The smallest absolute Gasteiger partial charge is 0.299 e. The summed E-state index contributed by atoms with van der Waals surface area (Å²) in [4.78, 5) is 55.9. The van der Waals surface area contributed by atoms with Gasteiger partial charge in [0.1, 0.15) is 23.7 Å². The molecule has 5 rings (SSSR count). The van der Waals surface area contributed by atoms with E-state index in [1.807, 2.05) is 0 Å². The molecule has 8 nitrogen and oxygen atoms in total. The zero-order valence-corrected chi connectivity index (χ0v) is 21.5. The Hall–Kier alpha value is -4.53. The van der Waals surface area contributed by atoms with E-state index in [2.05, 4.69) is 5.32 Å². The van der Waals surface area contributed by atoms with Crippen molar-refractivity contribution < 1.29 is 28.3 Å². The SMILES string of the molecule is COc1ccc(NC(=O)C2(N(Cc3ccc(F)cc3)C(=O)CN3C(=O)C(=O)c4ccccc43)CCCC2)cc1. The maximum absolute atomic E-state index is 14.0. The van der Waals surface area contributed by atoms with Gasteiger partial charge < -0.3 is 15.0 Å². The third-order valence-electron chi connectivity index (χ3n) is 7.45. The fraction of sp³-hybridized carbons (Fsp3) is 0.267. The maximum atomic E-state index is 14.0. The van der Waals surface area contributed by atoms with Crippen molar-refractivity contribution in [2.75, 3.05) is 23.9 Å². The van der Waals surface area contributed by atoms with Crippen LogP contribution < -0.4 is 15.0 Å². The van der Waals surface area contributed by atoms with Crippen molar-refractivity contribution in [2.24, 2.45) is 0 Å². The van der Waals surface area contributed by atoms with Gasteiger partial charge in [-0.15, -0.1) is 0 Å². The summed E-state index contributed by atoms with van der Waals surface area (Å²) in [5, 5.41) is 2.95. The summed E-state index contributed by atoms with van der Waals surface area (Å²) >= 11 is 0. The van der Waals surface area contributed by atoms with Crippen molar-refractivity contribution >= 4 is 34.9 Å². The van der Waals surface area contributed by atoms with E-state index < -0.39 is 35.5 Å². The molecule has 0 bridgehead atoms. The van der Waals surface area contributed by atoms with Crippen LogP contribution >= 0.6 is 0 Å². The molecule has 2 aliphatic rings. The molecule has 200 valence electrons. The molecule has 0 radical (unpaired) electrons. The van der Waals surface area contributed by atoms with Crippen LogP contribution in [0.25, 0.3) is 0 Å². The predicted molar refractivity (Wildman–Crippen MR) is 143 cm³/mol. The van der Waals surface area contributed by atoms with Crippen molar-refractivity contribution in [3.8, 4) is 5.75 Å². The van der Waals surface area contributed by atoms with Gasteiger partial charge in [-0.05, 0) is 66.9 Å². The number of methoxy groups -OCH3 is 1. The number of rotatable bonds is 8. The van der Waals surface area contributed by atoms with E-state index in [1.165, 1.54) is 21.9 Å². The topological polar surface area (TPSA) is 96.0 Å². The standard InChI is InChI=1S/C30H28FN3O5/c1-39-23-14-12-22(13-15-23)32-29(38)30(16-4-5-17-30)34(18-20-8-10-21(31)11-9-20)26(35)19-33-25-7-3-2-6-24(25)27(36)28(33)37/h2-3,6-15H,4-5,16-19H2,1H3,(H,32,38). The molecule has 1 saturated carbocycles. The molecule has 1 N–H and O–H groups in total. The number of hydrogen-bond donors (Lipinski definition) is 1. The molecule has 0 unspecified atom stereocenters. The molecule has 1 fully saturated rings. The van der Waals surface area contributed by atoms with Gasteiger partial charge in [-0.3, -0.25) is 24.1 Å². The summed E-state index contributed by atoms with van der Waals surface area (Å²) in [5.41, 5.74) is 0.601. The Bertz CT molecular complexity index is 1420. The highest BCUT2D eigenvalue weighted by Crippen LogP contribution is 2.38. The van der Waals surface area contributed by atoms with Crippen LogP contribution in [0.3, 0.4) is 0 Å². The number of anilines is 2. The van der Waals surface area contributed by atoms with E-state index in [9.17, 15) is 23.6 Å². The first kappa shape index (κ1) is 26.1. The summed E-state index contributed by atoms with van der Waals surface area (Å²) < 4.78 is 18.8. The van der Waals surface area contributed by atoms with Crippen LogP contribution in [0.4, 0.5) is 15.8 Å². The van der Waals surface area contributed by atoms with Gasteiger partial charge in [0.25, 0.3) is 11.7 Å². The Kier molecular flexibility index (Phi) is 7.15. The summed E-state index contributed by atoms with van der Waals surface area (Å²) in [7, 11) is 1.55. The average molecular weight is 530 g/mol. The lowest BCUT2D eigenvalue weighted by Gasteiger charge is -2.41. The van der Waals surface area contributed by atoms with Crippen LogP contribution in [0, 0.1) is 5.82 Å². The average Bonchev–Trinajstić information content (AvgIpc) is 3.54. The molecule has 1 heterocycles. The van der Waals surface area contributed by atoms with E-state index in [0.29, 0.717) is 35.5 Å². The lowest BCUT2D eigenvalue weighted by atomic mass is 9.92. The van der Waals surface area contributed by atoms with Crippen molar-refractivity contribution in [1.29, 1.82) is 0 Å². The van der Waals surface area contributed by atoms with E-state index in [4.69, 9.17) is 4.74 Å². The number of halogens is 1. The molecule has 0 spiro atoms. The molecular weight excluding hydrogens is 501 g/mol. The molecule has 3 amide bonds. The number of ether oxygens (including phenoxy) is 1. The first-order valence-corrected chi connectivity index (χ1v) is 12.8. The number of carbonyl (C=O) groups excluding carboxylic acids is 4. The largest absolute Gasteiger partial charge is 0.497 e. The number of amides is 3. The number of ketones is 1. The molecule has 3 aromatic rings. The number of Topliss-reactive ketones (excluding diaryl/α,β-unsaturated/α-hetero) is 1. The molecule has 9 heteroatoms. The lowest BCUT2D eigenvalue weighted by molar-refractivity contribution is -0.145. The Morgan fingerprint density at radius 1 is 0.974 bits per heavy atom. The zero-order valence-electron chi connectivity index (χ0n) is 21.5. The van der Waals surface area contributed by atoms with Gasteiger partial charge >= 0.3 is 0 Å². The van der Waals surface area contributed by atoms with Gasteiger partial charge in [0.2, 0.25) is 11.8 Å². The first-order chi connectivity index (χ1) is 18.8. The second-order valence-corrected chi connectivity index (χ2v) is 9.77. The third-order valence-corrected chi connectivity index (χ3v) is 7.45. The molecule has 3 aromatic carbocycles. The van der Waals surface area contributed by atoms with Crippen molar-refractivity contribution in [1.82, 2.24) is 4.90 Å². The Balaban J connectivity index is 1.48. The summed E-state index contributed by atoms with van der Waals surface area (Å²) in [5.74, 6) is -2.05. The molecule has 1 aliphatic heterocycles. The highest BCUT2D eigenvalue weighted by atomic mass is 19.1. The Morgan fingerprint density at radius 2 is 1.64 bits per heavy atom. The van der Waals surface area contributed by atoms with Crippen LogP contribution in [0.15, 0.2) is 72.8 Å². The molecule has 0 saturated heterocycles. The Morgan fingerprint density at radius 3 is 2.31 bits per heavy atom. The van der Waals surface area contributed by atoms with Gasteiger partial charge in [0, 0.05) is 12.2 Å². The van der Waals surface area contributed by atoms with E-state index >= 15 is 0 Å². The second-order valence-electron chi connectivity index (χ2n) is 9.77. The quantitative estimate of drug-likeness (QED) is 0.438. The van der Waals surface area contributed by atoms with E-state index in [0.717, 1.165) is 12.8 Å². The fourth-order valence-electron chi connectivity index (χ4n) is 5.38. The lowest BCUT2D eigenvalue weighted by Crippen LogP contribution is -2.59. The minimum absolute atomic E-state index is 0.0345. The van der Waals surface area contributed by atoms with Crippen LogP contribution in [-0.4, -0.2) is 47.6 Å². The number of nitrogens with one attached hydrogen (secondary N) is 1. The van der Waals surface area contributed by atoms with Gasteiger partial charge in [0.05, 0.1) is 18.4 Å². The fourth-order valence-corrected chi connectivity index (χ4v) is 5.38. The van der Waals surface area contributed by atoms with Gasteiger partial charge in [-0.1, -0.05) is 37.1 Å². The minimum Gasteiger partial charge on any atom is -0.497 e. The van der Waals surface area contributed by atoms with Crippen molar-refractivity contribution in [2.45, 2.75) is 37.8 Å². The van der Waals surface area contributed by atoms with Crippen LogP contribution in [0.5, 0.6) is 5.75 Å². The van der Waals surface area contributed by atoms with Crippen LogP contribution in [0.2, 0.25) is 0 Å². The first-order valence-electron chi connectivity index (χ1n) is 12.8. The minimum atomic E-state index is -1.20. The number of carbonyl (C=O) groups is 4. The monoisotopic (exact) mass is 529 g/mol. The summed E-state index contributed by atoms with van der Waals surface area (Å²) in [6.45, 7) is -0.368. The van der Waals surface area contributed by atoms with Crippen LogP contribution in [0.1, 0.15) is 41.6 Å². The molecular formula is C30H28FN3O5. The number of hydrogen-bond acceptors (Lipinski definition) is 5. The number of para-hydroxylation sites is 1.